The predicted octanol–water partition coefficient (Wildman–Crippen LogP) is 1.82. The molecule has 0 aliphatic rings. The number of carbonyl (C=O) groups is 1. The Morgan fingerprint density at radius 2 is 2.35 bits per heavy atom. The van der Waals surface area contributed by atoms with E-state index in [-0.39, 0.29) is 5.69 Å². The summed E-state index contributed by atoms with van der Waals surface area (Å²) in [5.74, 6) is 0.125. The fourth-order valence-corrected chi connectivity index (χ4v) is 1.53. The highest BCUT2D eigenvalue weighted by Gasteiger charge is 2.08. The largest absolute Gasteiger partial charge is 0.464 e. The van der Waals surface area contributed by atoms with Gasteiger partial charge in [0, 0.05) is 11.8 Å². The highest BCUT2D eigenvalue weighted by atomic mass is 32.2. The average molecular weight is 255 g/mol. The first-order valence-corrected chi connectivity index (χ1v) is 6.63. The van der Waals surface area contributed by atoms with Crippen LogP contribution >= 0.6 is 11.8 Å². The average Bonchev–Trinajstić information content (AvgIpc) is 2.38. The topological polar surface area (TPSA) is 64.1 Å². The van der Waals surface area contributed by atoms with Gasteiger partial charge < -0.3 is 10.1 Å². The molecule has 94 valence electrons. The molecule has 0 aliphatic heterocycles. The molecule has 0 spiro atoms. The van der Waals surface area contributed by atoms with E-state index in [9.17, 15) is 4.79 Å². The van der Waals surface area contributed by atoms with E-state index in [4.69, 9.17) is 0 Å². The van der Waals surface area contributed by atoms with Crippen LogP contribution in [0.25, 0.3) is 0 Å². The standard InChI is InChI=1S/C11H17N3O2S/c1-8(17-3)4-5-13-10-7-12-6-9(14-10)11(15)16-2/h6-8H,4-5H2,1-3H3,(H,13,14). The number of anilines is 1. The van der Waals surface area contributed by atoms with Crippen molar-refractivity contribution < 1.29 is 9.53 Å². The Bertz CT molecular complexity index is 373. The van der Waals surface area contributed by atoms with Crippen molar-refractivity contribution >= 4 is 23.5 Å². The molecule has 0 aromatic carbocycles. The van der Waals surface area contributed by atoms with E-state index in [1.165, 1.54) is 13.3 Å². The summed E-state index contributed by atoms with van der Waals surface area (Å²) in [6.07, 6.45) is 6.10. The Morgan fingerprint density at radius 3 is 3.00 bits per heavy atom. The first-order chi connectivity index (χ1) is 8.17. The predicted molar refractivity (Wildman–Crippen MR) is 69.5 cm³/mol. The third-order valence-electron chi connectivity index (χ3n) is 2.29. The summed E-state index contributed by atoms with van der Waals surface area (Å²) < 4.78 is 4.58. The second kappa shape index (κ2) is 7.11. The first kappa shape index (κ1) is 13.8. The molecule has 1 aromatic rings. The van der Waals surface area contributed by atoms with Gasteiger partial charge >= 0.3 is 5.97 Å². The third kappa shape index (κ3) is 4.60. The van der Waals surface area contributed by atoms with Gasteiger partial charge in [0.2, 0.25) is 0 Å². The maximum absolute atomic E-state index is 11.2. The van der Waals surface area contributed by atoms with Gasteiger partial charge in [0.25, 0.3) is 0 Å². The number of hydrogen-bond donors (Lipinski definition) is 1. The van der Waals surface area contributed by atoms with Gasteiger partial charge in [0.15, 0.2) is 5.69 Å². The van der Waals surface area contributed by atoms with Crippen LogP contribution in [-0.4, -0.2) is 41.1 Å². The lowest BCUT2D eigenvalue weighted by molar-refractivity contribution is 0.0593. The second-order valence-corrected chi connectivity index (χ2v) is 4.82. The number of nitrogens with one attached hydrogen (secondary N) is 1. The SMILES string of the molecule is COC(=O)c1cncc(NCCC(C)SC)n1. The Hall–Kier alpha value is -1.30. The van der Waals surface area contributed by atoms with Crippen LogP contribution in [0.2, 0.25) is 0 Å². The van der Waals surface area contributed by atoms with Gasteiger partial charge in [-0.25, -0.2) is 9.78 Å². The van der Waals surface area contributed by atoms with Crippen molar-refractivity contribution in [1.29, 1.82) is 0 Å². The fraction of sp³-hybridized carbons (Fsp3) is 0.545. The molecule has 1 unspecified atom stereocenters. The number of hydrogen-bond acceptors (Lipinski definition) is 6. The Labute approximate surface area is 105 Å². The van der Waals surface area contributed by atoms with Crippen molar-refractivity contribution in [2.45, 2.75) is 18.6 Å². The summed E-state index contributed by atoms with van der Waals surface area (Å²) in [4.78, 5) is 19.3. The summed E-state index contributed by atoms with van der Waals surface area (Å²) >= 11 is 1.82. The maximum atomic E-state index is 11.2. The zero-order chi connectivity index (χ0) is 12.7. The van der Waals surface area contributed by atoms with E-state index in [0.717, 1.165) is 13.0 Å². The molecule has 0 saturated carbocycles. The normalized spacial score (nSPS) is 11.9. The Kier molecular flexibility index (Phi) is 5.76. The van der Waals surface area contributed by atoms with Gasteiger partial charge in [-0.3, -0.25) is 4.98 Å². The number of aromatic nitrogens is 2. The maximum Gasteiger partial charge on any atom is 0.358 e. The summed E-state index contributed by atoms with van der Waals surface area (Å²) in [5.41, 5.74) is 0.218. The molecule has 0 radical (unpaired) electrons. The minimum Gasteiger partial charge on any atom is -0.464 e. The van der Waals surface area contributed by atoms with Crippen molar-refractivity contribution in [1.82, 2.24) is 9.97 Å². The molecule has 1 N–H and O–H groups in total. The van der Waals surface area contributed by atoms with Crippen LogP contribution < -0.4 is 5.32 Å². The molecule has 0 bridgehead atoms. The number of methoxy groups -OCH3 is 1. The lowest BCUT2D eigenvalue weighted by Gasteiger charge is -2.09. The van der Waals surface area contributed by atoms with Gasteiger partial charge in [0.05, 0.1) is 19.5 Å². The number of thioether (sulfide) groups is 1. The zero-order valence-electron chi connectivity index (χ0n) is 10.3. The molecular weight excluding hydrogens is 238 g/mol. The van der Waals surface area contributed by atoms with Gasteiger partial charge in [-0.05, 0) is 12.7 Å². The van der Waals surface area contributed by atoms with Crippen LogP contribution in [0.15, 0.2) is 12.4 Å². The number of carbonyl (C=O) groups excluding carboxylic acids is 1. The molecule has 0 fully saturated rings. The van der Waals surface area contributed by atoms with E-state index in [2.05, 4.69) is 33.2 Å². The lowest BCUT2D eigenvalue weighted by atomic mass is 10.3. The van der Waals surface area contributed by atoms with Crippen LogP contribution in [0.5, 0.6) is 0 Å². The molecule has 1 atom stereocenters. The molecule has 6 heteroatoms. The van der Waals surface area contributed by atoms with Crippen molar-refractivity contribution in [2.24, 2.45) is 0 Å². The Morgan fingerprint density at radius 1 is 1.59 bits per heavy atom. The third-order valence-corrected chi connectivity index (χ3v) is 3.33. The van der Waals surface area contributed by atoms with Crippen LogP contribution in [0.4, 0.5) is 5.82 Å². The lowest BCUT2D eigenvalue weighted by Crippen LogP contribution is -2.11. The van der Waals surface area contributed by atoms with E-state index >= 15 is 0 Å². The first-order valence-electron chi connectivity index (χ1n) is 5.34. The van der Waals surface area contributed by atoms with E-state index in [1.807, 2.05) is 11.8 Å². The van der Waals surface area contributed by atoms with Crippen LogP contribution in [0, 0.1) is 0 Å². The van der Waals surface area contributed by atoms with Gasteiger partial charge in [-0.1, -0.05) is 6.92 Å². The summed E-state index contributed by atoms with van der Waals surface area (Å²) in [6, 6.07) is 0. The zero-order valence-corrected chi connectivity index (χ0v) is 11.1. The van der Waals surface area contributed by atoms with Crippen LogP contribution in [-0.2, 0) is 4.74 Å². The van der Waals surface area contributed by atoms with Crippen LogP contribution in [0.1, 0.15) is 23.8 Å². The molecule has 0 amide bonds. The van der Waals surface area contributed by atoms with E-state index < -0.39 is 5.97 Å². The molecule has 5 nitrogen and oxygen atoms in total. The van der Waals surface area contributed by atoms with Crippen molar-refractivity contribution in [3.05, 3.63) is 18.1 Å². The van der Waals surface area contributed by atoms with Gasteiger partial charge in [-0.15, -0.1) is 0 Å². The number of nitrogens with zero attached hydrogens (tertiary/aromatic N) is 2. The molecule has 0 saturated heterocycles. The quantitative estimate of drug-likeness (QED) is 0.782. The number of rotatable bonds is 6. The summed E-state index contributed by atoms with van der Waals surface area (Å²) in [7, 11) is 1.32. The summed E-state index contributed by atoms with van der Waals surface area (Å²) in [6.45, 7) is 2.98. The minimum atomic E-state index is -0.473. The van der Waals surface area contributed by atoms with E-state index in [1.54, 1.807) is 6.20 Å². The second-order valence-electron chi connectivity index (χ2n) is 3.54. The Balaban J connectivity index is 2.51. The molecule has 1 aromatic heterocycles. The summed E-state index contributed by atoms with van der Waals surface area (Å²) in [5, 5.41) is 3.73. The minimum absolute atomic E-state index is 0.218. The highest BCUT2D eigenvalue weighted by Crippen LogP contribution is 2.10. The smallest absolute Gasteiger partial charge is 0.358 e. The van der Waals surface area contributed by atoms with Gasteiger partial charge in [0.1, 0.15) is 5.82 Å². The molecule has 1 heterocycles. The number of ether oxygens (including phenoxy) is 1. The number of esters is 1. The molecule has 1 rings (SSSR count). The van der Waals surface area contributed by atoms with Crippen molar-refractivity contribution in [3.63, 3.8) is 0 Å². The monoisotopic (exact) mass is 255 g/mol. The van der Waals surface area contributed by atoms with Crippen molar-refractivity contribution in [3.8, 4) is 0 Å². The fourth-order valence-electron chi connectivity index (χ4n) is 1.18. The van der Waals surface area contributed by atoms with Crippen molar-refractivity contribution in [2.75, 3.05) is 25.2 Å². The van der Waals surface area contributed by atoms with E-state index in [0.29, 0.717) is 11.1 Å². The highest BCUT2D eigenvalue weighted by molar-refractivity contribution is 7.99. The van der Waals surface area contributed by atoms with Gasteiger partial charge in [-0.2, -0.15) is 11.8 Å². The molecule has 17 heavy (non-hydrogen) atoms. The molecule has 0 aliphatic carbocycles. The van der Waals surface area contributed by atoms with Crippen LogP contribution in [0.3, 0.4) is 0 Å². The molecular formula is C11H17N3O2S.